The molecular formula is C26H28N2O5S3. The van der Waals surface area contributed by atoms with Crippen LogP contribution >= 0.6 is 34.9 Å². The smallest absolute Gasteiger partial charge is 0.341 e. The van der Waals surface area contributed by atoms with Crippen molar-refractivity contribution in [2.45, 2.75) is 52.0 Å². The fraction of sp³-hybridized carbons (Fsp3) is 0.385. The molecule has 0 bridgehead atoms. The topological polar surface area (TPSA) is 90.1 Å². The SMILES string of the molecule is CCOC(=O)c1c(/N=C/c2sc(=S)n(C(Cc3ccccc3)C(=O)OCC)c2O)sc2c1CCCC2. The van der Waals surface area contributed by atoms with Crippen LogP contribution in [0.4, 0.5) is 5.00 Å². The third-order valence-electron chi connectivity index (χ3n) is 5.92. The number of aromatic nitrogens is 1. The van der Waals surface area contributed by atoms with Crippen LogP contribution in [0, 0.1) is 3.95 Å². The molecule has 2 heterocycles. The van der Waals surface area contributed by atoms with Crippen molar-refractivity contribution < 1.29 is 24.2 Å². The van der Waals surface area contributed by atoms with Crippen molar-refractivity contribution in [2.75, 3.05) is 13.2 Å². The Morgan fingerprint density at radius 3 is 2.58 bits per heavy atom. The van der Waals surface area contributed by atoms with Crippen molar-refractivity contribution in [1.82, 2.24) is 4.57 Å². The predicted molar refractivity (Wildman–Crippen MR) is 145 cm³/mol. The number of ether oxygens (including phenoxy) is 2. The minimum Gasteiger partial charge on any atom is -0.493 e. The first-order chi connectivity index (χ1) is 17.4. The highest BCUT2D eigenvalue weighted by Crippen LogP contribution is 2.41. The fourth-order valence-electron chi connectivity index (χ4n) is 4.28. The summed E-state index contributed by atoms with van der Waals surface area (Å²) in [6, 6.07) is 8.70. The molecule has 0 aliphatic heterocycles. The van der Waals surface area contributed by atoms with Gasteiger partial charge >= 0.3 is 11.9 Å². The second kappa shape index (κ2) is 11.9. The number of benzene rings is 1. The summed E-state index contributed by atoms with van der Waals surface area (Å²) in [6.07, 6.45) is 5.69. The molecule has 36 heavy (non-hydrogen) atoms. The number of carbonyl (C=O) groups excluding carboxylic acids is 2. The van der Waals surface area contributed by atoms with E-state index < -0.39 is 12.0 Å². The molecule has 0 saturated heterocycles. The first-order valence-corrected chi connectivity index (χ1v) is 14.0. The van der Waals surface area contributed by atoms with E-state index in [9.17, 15) is 14.7 Å². The van der Waals surface area contributed by atoms with Crippen molar-refractivity contribution in [1.29, 1.82) is 0 Å². The van der Waals surface area contributed by atoms with Crippen LogP contribution < -0.4 is 0 Å². The molecule has 2 aromatic heterocycles. The van der Waals surface area contributed by atoms with Crippen molar-refractivity contribution in [3.05, 3.63) is 60.7 Å². The van der Waals surface area contributed by atoms with E-state index in [4.69, 9.17) is 21.7 Å². The lowest BCUT2D eigenvalue weighted by atomic mass is 9.95. The molecule has 0 saturated carbocycles. The Hall–Kier alpha value is -2.82. The van der Waals surface area contributed by atoms with Crippen LogP contribution in [-0.2, 0) is 33.5 Å². The molecule has 3 aromatic rings. The van der Waals surface area contributed by atoms with Crippen LogP contribution in [0.25, 0.3) is 0 Å². The lowest BCUT2D eigenvalue weighted by Crippen LogP contribution is -2.24. The third-order valence-corrected chi connectivity index (χ3v) is 8.44. The largest absolute Gasteiger partial charge is 0.493 e. The summed E-state index contributed by atoms with van der Waals surface area (Å²) in [4.78, 5) is 31.7. The van der Waals surface area contributed by atoms with Crippen molar-refractivity contribution in [3.63, 3.8) is 0 Å². The van der Waals surface area contributed by atoms with Crippen LogP contribution in [-0.4, -0.2) is 41.0 Å². The average molecular weight is 545 g/mol. The molecule has 0 spiro atoms. The molecule has 1 unspecified atom stereocenters. The predicted octanol–water partition coefficient (Wildman–Crippen LogP) is 6.20. The highest BCUT2D eigenvalue weighted by molar-refractivity contribution is 7.73. The van der Waals surface area contributed by atoms with E-state index in [-0.39, 0.29) is 25.1 Å². The number of carbonyl (C=O) groups is 2. The second-order valence-corrected chi connectivity index (χ2v) is 11.0. The summed E-state index contributed by atoms with van der Waals surface area (Å²) >= 11 is 8.18. The Kier molecular flexibility index (Phi) is 8.71. The van der Waals surface area contributed by atoms with Crippen molar-refractivity contribution >= 4 is 58.0 Å². The Morgan fingerprint density at radius 1 is 1.14 bits per heavy atom. The molecule has 1 atom stereocenters. The molecule has 190 valence electrons. The zero-order chi connectivity index (χ0) is 25.7. The maximum atomic E-state index is 12.9. The van der Waals surface area contributed by atoms with Gasteiger partial charge in [0.15, 0.2) is 3.95 Å². The average Bonchev–Trinajstić information content (AvgIpc) is 3.38. The molecule has 0 amide bonds. The number of hydrogen-bond donors (Lipinski definition) is 1. The number of aliphatic imine (C=N–C) groups is 1. The molecule has 4 rings (SSSR count). The minimum atomic E-state index is -0.817. The molecule has 1 aromatic carbocycles. The van der Waals surface area contributed by atoms with E-state index >= 15 is 0 Å². The van der Waals surface area contributed by atoms with Crippen LogP contribution in [0.2, 0.25) is 0 Å². The van der Waals surface area contributed by atoms with Gasteiger partial charge in [-0.2, -0.15) is 0 Å². The number of thiophene rings is 1. The zero-order valence-electron chi connectivity index (χ0n) is 20.2. The lowest BCUT2D eigenvalue weighted by molar-refractivity contribution is -0.147. The fourth-order valence-corrected chi connectivity index (χ4v) is 6.78. The van der Waals surface area contributed by atoms with E-state index in [1.54, 1.807) is 13.8 Å². The van der Waals surface area contributed by atoms with Gasteiger partial charge in [-0.3, -0.25) is 4.57 Å². The van der Waals surface area contributed by atoms with Gasteiger partial charge in [0.25, 0.3) is 0 Å². The van der Waals surface area contributed by atoms with E-state index in [1.165, 1.54) is 22.1 Å². The molecule has 0 radical (unpaired) electrons. The number of rotatable bonds is 9. The maximum Gasteiger partial charge on any atom is 0.341 e. The minimum absolute atomic E-state index is 0.151. The van der Waals surface area contributed by atoms with Crippen molar-refractivity contribution in [2.24, 2.45) is 4.99 Å². The van der Waals surface area contributed by atoms with Crippen LogP contribution in [0.15, 0.2) is 35.3 Å². The van der Waals surface area contributed by atoms with Crippen LogP contribution in [0.3, 0.4) is 0 Å². The van der Waals surface area contributed by atoms with Gasteiger partial charge in [0.1, 0.15) is 15.9 Å². The van der Waals surface area contributed by atoms with E-state index in [0.29, 0.717) is 25.8 Å². The number of aromatic hydroxyl groups is 1. The van der Waals surface area contributed by atoms with E-state index in [0.717, 1.165) is 53.0 Å². The second-order valence-electron chi connectivity index (χ2n) is 8.25. The van der Waals surface area contributed by atoms with Gasteiger partial charge in [0, 0.05) is 11.3 Å². The highest BCUT2D eigenvalue weighted by Gasteiger charge is 2.28. The van der Waals surface area contributed by atoms with Crippen LogP contribution in [0.5, 0.6) is 5.88 Å². The quantitative estimate of drug-likeness (QED) is 0.196. The number of nitrogens with zero attached hydrogens (tertiary/aromatic N) is 2. The number of hydrogen-bond acceptors (Lipinski definition) is 9. The molecule has 1 N–H and O–H groups in total. The zero-order valence-corrected chi connectivity index (χ0v) is 22.6. The first-order valence-electron chi connectivity index (χ1n) is 11.9. The molecule has 1 aliphatic carbocycles. The molecule has 7 nitrogen and oxygen atoms in total. The lowest BCUT2D eigenvalue weighted by Gasteiger charge is -2.18. The maximum absolute atomic E-state index is 12.9. The number of aryl methyl sites for hydroxylation is 1. The monoisotopic (exact) mass is 544 g/mol. The number of esters is 2. The summed E-state index contributed by atoms with van der Waals surface area (Å²) in [7, 11) is 0. The highest BCUT2D eigenvalue weighted by atomic mass is 32.1. The van der Waals surface area contributed by atoms with Gasteiger partial charge in [-0.15, -0.1) is 11.3 Å². The summed E-state index contributed by atoms with van der Waals surface area (Å²) in [5.41, 5.74) is 2.46. The van der Waals surface area contributed by atoms with E-state index in [2.05, 4.69) is 4.99 Å². The Balaban J connectivity index is 1.70. The number of fused-ring (bicyclic) bond motifs is 1. The first kappa shape index (κ1) is 26.2. The molecule has 0 fully saturated rings. The van der Waals surface area contributed by atoms with Gasteiger partial charge in [0.2, 0.25) is 5.88 Å². The Labute approximate surface area is 223 Å². The van der Waals surface area contributed by atoms with Gasteiger partial charge in [0.05, 0.1) is 25.0 Å². The molecule has 10 heteroatoms. The van der Waals surface area contributed by atoms with Gasteiger partial charge in [-0.1, -0.05) is 41.7 Å². The standard InChI is InChI=1S/C26H28N2O5S3/c1-3-32-24(30)18(14-16-10-6-5-7-11-16)28-23(29)20(36-26(28)34)15-27-22-21(25(31)33-4-2)17-12-8-9-13-19(17)35-22/h5-7,10-11,15,18,29H,3-4,8-9,12-14H2,1-2H3/b27-15+. The van der Waals surface area contributed by atoms with Crippen molar-refractivity contribution in [3.8, 4) is 5.88 Å². The normalized spacial score (nSPS) is 13.9. The summed E-state index contributed by atoms with van der Waals surface area (Å²) < 4.78 is 12.4. The summed E-state index contributed by atoms with van der Waals surface area (Å²) in [5, 5.41) is 11.7. The third kappa shape index (κ3) is 5.61. The molecule has 1 aliphatic rings. The Bertz CT molecular complexity index is 1320. The van der Waals surface area contributed by atoms with Gasteiger partial charge in [-0.05, 0) is 62.9 Å². The Morgan fingerprint density at radius 2 is 1.86 bits per heavy atom. The van der Waals surface area contributed by atoms with Gasteiger partial charge in [-0.25, -0.2) is 14.6 Å². The number of thiazole rings is 1. The van der Waals surface area contributed by atoms with Gasteiger partial charge < -0.3 is 14.6 Å². The summed E-state index contributed by atoms with van der Waals surface area (Å²) in [6.45, 7) is 4.03. The molecular weight excluding hydrogens is 516 g/mol. The summed E-state index contributed by atoms with van der Waals surface area (Å²) in [5.74, 6) is -0.991. The van der Waals surface area contributed by atoms with Crippen LogP contribution in [0.1, 0.15) is 64.0 Å². The van der Waals surface area contributed by atoms with E-state index in [1.807, 2.05) is 30.3 Å².